The SMILES string of the molecule is CCc1nnc(C(Cc2ccc(F)cc2)NC(=O)OC(C)(C)C)o1. The molecular formula is C17H22FN3O3. The van der Waals surface area contributed by atoms with Crippen molar-refractivity contribution >= 4 is 6.09 Å². The molecule has 7 heteroatoms. The summed E-state index contributed by atoms with van der Waals surface area (Å²) >= 11 is 0. The van der Waals surface area contributed by atoms with Crippen LogP contribution in [0.3, 0.4) is 0 Å². The number of benzene rings is 1. The third kappa shape index (κ3) is 5.33. The topological polar surface area (TPSA) is 77.2 Å². The van der Waals surface area contributed by atoms with Gasteiger partial charge in [0.2, 0.25) is 11.8 Å². The Morgan fingerprint density at radius 2 is 1.96 bits per heavy atom. The normalized spacial score (nSPS) is 12.7. The van der Waals surface area contributed by atoms with Crippen LogP contribution in [0.25, 0.3) is 0 Å². The highest BCUT2D eigenvalue weighted by atomic mass is 19.1. The molecular weight excluding hydrogens is 313 g/mol. The average Bonchev–Trinajstić information content (AvgIpc) is 2.96. The lowest BCUT2D eigenvalue weighted by atomic mass is 10.1. The molecule has 1 amide bonds. The molecule has 24 heavy (non-hydrogen) atoms. The van der Waals surface area contributed by atoms with Gasteiger partial charge in [-0.15, -0.1) is 10.2 Å². The molecule has 1 atom stereocenters. The van der Waals surface area contributed by atoms with Gasteiger partial charge in [-0.25, -0.2) is 9.18 Å². The van der Waals surface area contributed by atoms with Gasteiger partial charge in [0, 0.05) is 12.8 Å². The first kappa shape index (κ1) is 17.9. The zero-order chi connectivity index (χ0) is 17.7. The lowest BCUT2D eigenvalue weighted by Crippen LogP contribution is -2.36. The van der Waals surface area contributed by atoms with Crippen molar-refractivity contribution in [2.45, 2.75) is 52.2 Å². The molecule has 1 aromatic carbocycles. The van der Waals surface area contributed by atoms with Gasteiger partial charge in [-0.3, -0.25) is 0 Å². The summed E-state index contributed by atoms with van der Waals surface area (Å²) in [6.45, 7) is 7.24. The molecule has 1 N–H and O–H groups in total. The Kier molecular flexibility index (Phi) is 5.54. The number of carbonyl (C=O) groups excluding carboxylic acids is 1. The minimum Gasteiger partial charge on any atom is -0.444 e. The molecule has 0 saturated heterocycles. The first-order chi connectivity index (χ1) is 11.3. The predicted octanol–water partition coefficient (Wildman–Crippen LogP) is 3.58. The second-order valence-electron chi connectivity index (χ2n) is 6.42. The smallest absolute Gasteiger partial charge is 0.408 e. The number of ether oxygens (including phenoxy) is 1. The Labute approximate surface area is 140 Å². The van der Waals surface area contributed by atoms with E-state index in [4.69, 9.17) is 9.15 Å². The van der Waals surface area contributed by atoms with Crippen molar-refractivity contribution in [1.82, 2.24) is 15.5 Å². The van der Waals surface area contributed by atoms with E-state index in [1.54, 1.807) is 32.9 Å². The lowest BCUT2D eigenvalue weighted by molar-refractivity contribution is 0.0495. The zero-order valence-corrected chi connectivity index (χ0v) is 14.3. The number of rotatable bonds is 5. The van der Waals surface area contributed by atoms with Gasteiger partial charge in [0.05, 0.1) is 0 Å². The van der Waals surface area contributed by atoms with Crippen LogP contribution in [0.1, 0.15) is 51.1 Å². The van der Waals surface area contributed by atoms with Crippen LogP contribution >= 0.6 is 0 Å². The lowest BCUT2D eigenvalue weighted by Gasteiger charge is -2.22. The Bertz CT molecular complexity index is 677. The van der Waals surface area contributed by atoms with Gasteiger partial charge in [-0.05, 0) is 38.5 Å². The number of carbonyl (C=O) groups is 1. The van der Waals surface area contributed by atoms with Crippen molar-refractivity contribution in [3.63, 3.8) is 0 Å². The largest absolute Gasteiger partial charge is 0.444 e. The number of amides is 1. The summed E-state index contributed by atoms with van der Waals surface area (Å²) in [4.78, 5) is 12.1. The first-order valence-corrected chi connectivity index (χ1v) is 7.83. The van der Waals surface area contributed by atoms with Gasteiger partial charge in [0.1, 0.15) is 17.5 Å². The van der Waals surface area contributed by atoms with Gasteiger partial charge in [0.25, 0.3) is 0 Å². The predicted molar refractivity (Wildman–Crippen MR) is 85.9 cm³/mol. The number of alkyl carbamates (subject to hydrolysis) is 1. The van der Waals surface area contributed by atoms with Crippen LogP contribution in [0.5, 0.6) is 0 Å². The maximum atomic E-state index is 13.1. The fourth-order valence-corrected chi connectivity index (χ4v) is 2.06. The molecule has 0 radical (unpaired) electrons. The van der Waals surface area contributed by atoms with E-state index >= 15 is 0 Å². The highest BCUT2D eigenvalue weighted by Crippen LogP contribution is 2.19. The Morgan fingerprint density at radius 3 is 2.50 bits per heavy atom. The van der Waals surface area contributed by atoms with Crippen LogP contribution in [0, 0.1) is 5.82 Å². The third-order valence-electron chi connectivity index (χ3n) is 3.13. The number of hydrogen-bond donors (Lipinski definition) is 1. The molecule has 0 aliphatic carbocycles. The standard InChI is InChI=1S/C17H22FN3O3/c1-5-14-20-21-15(23-14)13(19-16(22)24-17(2,3)4)10-11-6-8-12(18)9-7-11/h6-9,13H,5,10H2,1-4H3,(H,19,22). The zero-order valence-electron chi connectivity index (χ0n) is 14.3. The summed E-state index contributed by atoms with van der Waals surface area (Å²) in [7, 11) is 0. The molecule has 0 bridgehead atoms. The highest BCUT2D eigenvalue weighted by molar-refractivity contribution is 5.68. The van der Waals surface area contributed by atoms with E-state index in [1.807, 2.05) is 6.92 Å². The maximum absolute atomic E-state index is 13.1. The first-order valence-electron chi connectivity index (χ1n) is 7.83. The van der Waals surface area contributed by atoms with E-state index < -0.39 is 17.7 Å². The van der Waals surface area contributed by atoms with Crippen molar-refractivity contribution in [3.8, 4) is 0 Å². The number of aryl methyl sites for hydroxylation is 1. The van der Waals surface area contributed by atoms with Gasteiger partial charge in [0.15, 0.2) is 0 Å². The van der Waals surface area contributed by atoms with E-state index in [2.05, 4.69) is 15.5 Å². The quantitative estimate of drug-likeness (QED) is 0.903. The van der Waals surface area contributed by atoms with Crippen LogP contribution in [0.15, 0.2) is 28.7 Å². The van der Waals surface area contributed by atoms with Crippen LogP contribution < -0.4 is 5.32 Å². The molecule has 2 aromatic rings. The molecule has 130 valence electrons. The van der Waals surface area contributed by atoms with Crippen LogP contribution in [0.4, 0.5) is 9.18 Å². The fourth-order valence-electron chi connectivity index (χ4n) is 2.06. The fraction of sp³-hybridized carbons (Fsp3) is 0.471. The minimum atomic E-state index is -0.617. The number of aromatic nitrogens is 2. The molecule has 0 aliphatic rings. The van der Waals surface area contributed by atoms with Crippen LogP contribution in [0.2, 0.25) is 0 Å². The Hall–Kier alpha value is -2.44. The van der Waals surface area contributed by atoms with Gasteiger partial charge >= 0.3 is 6.09 Å². The molecule has 6 nitrogen and oxygen atoms in total. The Balaban J connectivity index is 2.17. The molecule has 1 unspecified atom stereocenters. The van der Waals surface area contributed by atoms with Crippen molar-refractivity contribution in [2.24, 2.45) is 0 Å². The van der Waals surface area contributed by atoms with E-state index in [1.165, 1.54) is 12.1 Å². The maximum Gasteiger partial charge on any atom is 0.408 e. The van der Waals surface area contributed by atoms with Crippen molar-refractivity contribution in [2.75, 3.05) is 0 Å². The molecule has 1 heterocycles. The molecule has 0 spiro atoms. The average molecular weight is 335 g/mol. The Morgan fingerprint density at radius 1 is 1.29 bits per heavy atom. The monoisotopic (exact) mass is 335 g/mol. The van der Waals surface area contributed by atoms with E-state index in [0.717, 1.165) is 5.56 Å². The number of nitrogens with one attached hydrogen (secondary N) is 1. The van der Waals surface area contributed by atoms with Gasteiger partial charge in [-0.1, -0.05) is 19.1 Å². The highest BCUT2D eigenvalue weighted by Gasteiger charge is 2.24. The summed E-state index contributed by atoms with van der Waals surface area (Å²) in [5.74, 6) is 0.462. The number of nitrogens with zero attached hydrogens (tertiary/aromatic N) is 2. The summed E-state index contributed by atoms with van der Waals surface area (Å²) in [5, 5.41) is 10.7. The van der Waals surface area contributed by atoms with E-state index in [-0.39, 0.29) is 5.82 Å². The molecule has 2 rings (SSSR count). The van der Waals surface area contributed by atoms with Gasteiger partial charge < -0.3 is 14.5 Å². The van der Waals surface area contributed by atoms with E-state index in [9.17, 15) is 9.18 Å². The van der Waals surface area contributed by atoms with Crippen molar-refractivity contribution in [1.29, 1.82) is 0 Å². The summed E-state index contributed by atoms with van der Waals surface area (Å²) in [5.41, 5.74) is 0.210. The van der Waals surface area contributed by atoms with Crippen molar-refractivity contribution < 1.29 is 18.3 Å². The molecule has 0 saturated carbocycles. The second kappa shape index (κ2) is 7.42. The number of halogens is 1. The summed E-state index contributed by atoms with van der Waals surface area (Å²) in [6, 6.07) is 5.47. The molecule has 0 fully saturated rings. The van der Waals surface area contributed by atoms with Crippen LogP contribution in [-0.4, -0.2) is 21.9 Å². The summed E-state index contributed by atoms with van der Waals surface area (Å²) < 4.78 is 23.9. The second-order valence-corrected chi connectivity index (χ2v) is 6.42. The van der Waals surface area contributed by atoms with E-state index in [0.29, 0.717) is 24.6 Å². The minimum absolute atomic E-state index is 0.294. The van der Waals surface area contributed by atoms with Crippen LogP contribution in [-0.2, 0) is 17.6 Å². The third-order valence-corrected chi connectivity index (χ3v) is 3.13. The summed E-state index contributed by atoms with van der Waals surface area (Å²) in [6.07, 6.45) is 0.402. The number of hydrogen-bond acceptors (Lipinski definition) is 5. The molecule has 1 aromatic heterocycles. The van der Waals surface area contributed by atoms with Gasteiger partial charge in [-0.2, -0.15) is 0 Å². The molecule has 0 aliphatic heterocycles. The van der Waals surface area contributed by atoms with Crippen molar-refractivity contribution in [3.05, 3.63) is 47.4 Å².